The molecule has 0 saturated carbocycles. The van der Waals surface area contributed by atoms with Gasteiger partial charge in [-0.1, -0.05) is 0 Å². The van der Waals surface area contributed by atoms with Crippen LogP contribution in [0.15, 0.2) is 41.3 Å². The number of rotatable bonds is 2. The Morgan fingerprint density at radius 3 is 2.86 bits per heavy atom. The second-order valence-electron chi connectivity index (χ2n) is 4.60. The Morgan fingerprint density at radius 2 is 2.14 bits per heavy atom. The summed E-state index contributed by atoms with van der Waals surface area (Å²) in [5.41, 5.74) is 1.06. The van der Waals surface area contributed by atoms with E-state index in [-0.39, 0.29) is 11.2 Å². The van der Waals surface area contributed by atoms with Crippen LogP contribution >= 0.6 is 0 Å². The fourth-order valence-electron chi connectivity index (χ4n) is 2.27. The molecule has 0 aliphatic carbocycles. The van der Waals surface area contributed by atoms with Gasteiger partial charge in [-0.25, -0.2) is 9.37 Å². The lowest BCUT2D eigenvalue weighted by molar-refractivity contribution is 0.268. The van der Waals surface area contributed by atoms with Crippen molar-refractivity contribution in [2.24, 2.45) is 0 Å². The van der Waals surface area contributed by atoms with Crippen molar-refractivity contribution >= 4 is 10.9 Å². The van der Waals surface area contributed by atoms with E-state index in [0.717, 1.165) is 6.07 Å². The Labute approximate surface area is 119 Å². The zero-order valence-corrected chi connectivity index (χ0v) is 11.2. The van der Waals surface area contributed by atoms with Gasteiger partial charge in [0, 0.05) is 6.20 Å². The summed E-state index contributed by atoms with van der Waals surface area (Å²) < 4.78 is 14.6. The molecule has 5 nitrogen and oxygen atoms in total. The highest BCUT2D eigenvalue weighted by atomic mass is 19.1. The van der Waals surface area contributed by atoms with Gasteiger partial charge in [-0.05, 0) is 37.3 Å². The minimum absolute atomic E-state index is 0.162. The van der Waals surface area contributed by atoms with Gasteiger partial charge in [-0.2, -0.15) is 0 Å². The van der Waals surface area contributed by atoms with Crippen LogP contribution in [0, 0.1) is 12.7 Å². The standard InChI is InChI=1S/C15H12FN3O2/c1-9-13(3-2-6-17-9)19-14(8-20)18-12-5-4-10(16)7-11(12)15(19)21/h2-7,20H,8H2,1H3. The van der Waals surface area contributed by atoms with Gasteiger partial charge in [-0.3, -0.25) is 14.3 Å². The second-order valence-corrected chi connectivity index (χ2v) is 4.60. The monoisotopic (exact) mass is 285 g/mol. The summed E-state index contributed by atoms with van der Waals surface area (Å²) in [5, 5.41) is 9.65. The number of halogens is 1. The Morgan fingerprint density at radius 1 is 1.33 bits per heavy atom. The number of nitrogens with zero attached hydrogens (tertiary/aromatic N) is 3. The van der Waals surface area contributed by atoms with E-state index in [0.29, 0.717) is 16.9 Å². The van der Waals surface area contributed by atoms with Crippen LogP contribution in [0.4, 0.5) is 4.39 Å². The lowest BCUT2D eigenvalue weighted by Gasteiger charge is -2.13. The maximum absolute atomic E-state index is 13.4. The number of aliphatic hydroxyl groups is 1. The zero-order valence-electron chi connectivity index (χ0n) is 11.2. The van der Waals surface area contributed by atoms with E-state index in [4.69, 9.17) is 0 Å². The molecule has 0 bridgehead atoms. The first kappa shape index (κ1) is 13.4. The van der Waals surface area contributed by atoms with Crippen LogP contribution < -0.4 is 5.56 Å². The summed E-state index contributed by atoms with van der Waals surface area (Å²) in [4.78, 5) is 21.0. The van der Waals surface area contributed by atoms with E-state index in [1.54, 1.807) is 25.3 Å². The molecule has 0 atom stereocenters. The van der Waals surface area contributed by atoms with Crippen molar-refractivity contribution in [3.05, 3.63) is 64.2 Å². The number of benzene rings is 1. The Hall–Kier alpha value is -2.60. The maximum atomic E-state index is 13.4. The molecule has 0 spiro atoms. The first-order chi connectivity index (χ1) is 10.1. The summed E-state index contributed by atoms with van der Waals surface area (Å²) >= 11 is 0. The van der Waals surface area contributed by atoms with E-state index < -0.39 is 18.0 Å². The summed E-state index contributed by atoms with van der Waals surface area (Å²) in [5.74, 6) is -0.317. The number of fused-ring (bicyclic) bond motifs is 1. The number of aromatic nitrogens is 3. The smallest absolute Gasteiger partial charge is 0.266 e. The molecule has 106 valence electrons. The van der Waals surface area contributed by atoms with Crippen LogP contribution in [-0.4, -0.2) is 19.6 Å². The highest BCUT2D eigenvalue weighted by Gasteiger charge is 2.14. The molecule has 0 radical (unpaired) electrons. The maximum Gasteiger partial charge on any atom is 0.266 e. The van der Waals surface area contributed by atoms with Crippen LogP contribution in [0.2, 0.25) is 0 Å². The SMILES string of the molecule is Cc1ncccc1-n1c(CO)nc2ccc(F)cc2c1=O. The molecule has 3 rings (SSSR count). The minimum Gasteiger partial charge on any atom is -0.388 e. The van der Waals surface area contributed by atoms with E-state index in [2.05, 4.69) is 9.97 Å². The molecule has 2 aromatic heterocycles. The van der Waals surface area contributed by atoms with Crippen LogP contribution in [0.5, 0.6) is 0 Å². The molecule has 0 aliphatic heterocycles. The van der Waals surface area contributed by atoms with Crippen molar-refractivity contribution in [3.8, 4) is 5.69 Å². The number of hydrogen-bond donors (Lipinski definition) is 1. The van der Waals surface area contributed by atoms with Crippen LogP contribution in [0.25, 0.3) is 16.6 Å². The van der Waals surface area contributed by atoms with Crippen molar-refractivity contribution in [2.45, 2.75) is 13.5 Å². The Bertz CT molecular complexity index is 890. The number of pyridine rings is 1. The van der Waals surface area contributed by atoms with Crippen LogP contribution in [0.1, 0.15) is 11.5 Å². The largest absolute Gasteiger partial charge is 0.388 e. The van der Waals surface area contributed by atoms with Gasteiger partial charge in [0.1, 0.15) is 18.2 Å². The molecule has 3 aromatic rings. The average Bonchev–Trinajstić information content (AvgIpc) is 2.49. The van der Waals surface area contributed by atoms with Gasteiger partial charge < -0.3 is 5.11 Å². The summed E-state index contributed by atoms with van der Waals surface area (Å²) in [6.07, 6.45) is 1.61. The summed E-state index contributed by atoms with van der Waals surface area (Å²) in [6.45, 7) is 1.34. The highest BCUT2D eigenvalue weighted by Crippen LogP contribution is 2.15. The fourth-order valence-corrected chi connectivity index (χ4v) is 2.27. The minimum atomic E-state index is -0.507. The first-order valence-corrected chi connectivity index (χ1v) is 6.36. The lowest BCUT2D eigenvalue weighted by atomic mass is 10.2. The van der Waals surface area contributed by atoms with Gasteiger partial charge in [0.2, 0.25) is 0 Å². The Kier molecular flexibility index (Phi) is 3.23. The van der Waals surface area contributed by atoms with E-state index in [1.807, 2.05) is 0 Å². The normalized spacial score (nSPS) is 11.0. The summed E-state index contributed by atoms with van der Waals surface area (Å²) in [7, 11) is 0. The number of aliphatic hydroxyl groups excluding tert-OH is 1. The quantitative estimate of drug-likeness (QED) is 0.778. The first-order valence-electron chi connectivity index (χ1n) is 6.36. The van der Waals surface area contributed by atoms with Gasteiger partial charge in [0.25, 0.3) is 5.56 Å². The van der Waals surface area contributed by atoms with Gasteiger partial charge in [-0.15, -0.1) is 0 Å². The van der Waals surface area contributed by atoms with E-state index >= 15 is 0 Å². The molecule has 0 fully saturated rings. The number of hydrogen-bond acceptors (Lipinski definition) is 4. The molecular weight excluding hydrogens is 273 g/mol. The molecule has 0 amide bonds. The van der Waals surface area contributed by atoms with E-state index in [1.165, 1.54) is 16.7 Å². The Balaban J connectivity index is 2.44. The van der Waals surface area contributed by atoms with Crippen molar-refractivity contribution in [1.29, 1.82) is 0 Å². The molecule has 0 aliphatic rings. The third-order valence-electron chi connectivity index (χ3n) is 3.26. The fraction of sp³-hybridized carbons (Fsp3) is 0.133. The molecule has 21 heavy (non-hydrogen) atoms. The molecule has 0 saturated heterocycles. The molecule has 2 heterocycles. The van der Waals surface area contributed by atoms with E-state index in [9.17, 15) is 14.3 Å². The highest BCUT2D eigenvalue weighted by molar-refractivity contribution is 5.78. The van der Waals surface area contributed by atoms with Gasteiger partial charge in [0.05, 0.1) is 22.3 Å². The molecule has 1 aromatic carbocycles. The molecule has 1 N–H and O–H groups in total. The van der Waals surface area contributed by atoms with Crippen molar-refractivity contribution in [1.82, 2.24) is 14.5 Å². The predicted octanol–water partition coefficient (Wildman–Crippen LogP) is 1.72. The number of aryl methyl sites for hydroxylation is 1. The van der Waals surface area contributed by atoms with Gasteiger partial charge >= 0.3 is 0 Å². The molecule has 0 unspecified atom stereocenters. The van der Waals surface area contributed by atoms with Gasteiger partial charge in [0.15, 0.2) is 0 Å². The van der Waals surface area contributed by atoms with Crippen molar-refractivity contribution in [3.63, 3.8) is 0 Å². The predicted molar refractivity (Wildman–Crippen MR) is 75.8 cm³/mol. The molecular formula is C15H12FN3O2. The third kappa shape index (κ3) is 2.19. The average molecular weight is 285 g/mol. The topological polar surface area (TPSA) is 68.0 Å². The van der Waals surface area contributed by atoms with Crippen molar-refractivity contribution in [2.75, 3.05) is 0 Å². The second kappa shape index (κ2) is 5.06. The van der Waals surface area contributed by atoms with Crippen molar-refractivity contribution < 1.29 is 9.50 Å². The molecule has 6 heteroatoms. The summed E-state index contributed by atoms with van der Waals surface area (Å²) in [6, 6.07) is 7.19. The van der Waals surface area contributed by atoms with Crippen LogP contribution in [-0.2, 0) is 6.61 Å². The van der Waals surface area contributed by atoms with Crippen LogP contribution in [0.3, 0.4) is 0 Å². The lowest BCUT2D eigenvalue weighted by Crippen LogP contribution is -2.25. The third-order valence-corrected chi connectivity index (χ3v) is 3.26. The zero-order chi connectivity index (χ0) is 15.0.